The van der Waals surface area contributed by atoms with Crippen LogP contribution in [-0.4, -0.2) is 19.3 Å². The molecule has 0 aliphatic carbocycles. The molecular formula is C26H25N3O3S. The SMILES string of the molecule is CCC(NC(=O)c1ccccc1NS(=O)(=O)c1cccc2cccnc12)c1ccc(C)cc1. The number of pyridine rings is 1. The Kier molecular flexibility index (Phi) is 6.42. The molecule has 1 unspecified atom stereocenters. The van der Waals surface area contributed by atoms with E-state index in [2.05, 4.69) is 15.0 Å². The first-order chi connectivity index (χ1) is 15.9. The van der Waals surface area contributed by atoms with Gasteiger partial charge < -0.3 is 5.32 Å². The van der Waals surface area contributed by atoms with Crippen LogP contribution in [0.25, 0.3) is 10.9 Å². The van der Waals surface area contributed by atoms with Crippen LogP contribution in [0.1, 0.15) is 40.9 Å². The fraction of sp³-hybridized carbons (Fsp3) is 0.154. The van der Waals surface area contributed by atoms with E-state index in [0.29, 0.717) is 11.9 Å². The van der Waals surface area contributed by atoms with Gasteiger partial charge in [0, 0.05) is 11.6 Å². The Morgan fingerprint density at radius 2 is 1.67 bits per heavy atom. The molecule has 1 amide bonds. The van der Waals surface area contributed by atoms with E-state index < -0.39 is 10.0 Å². The highest BCUT2D eigenvalue weighted by atomic mass is 32.2. The van der Waals surface area contributed by atoms with Gasteiger partial charge in [-0.15, -0.1) is 0 Å². The maximum atomic E-state index is 13.2. The van der Waals surface area contributed by atoms with Crippen LogP contribution in [0, 0.1) is 6.92 Å². The minimum Gasteiger partial charge on any atom is -0.345 e. The maximum absolute atomic E-state index is 13.2. The number of aromatic nitrogens is 1. The molecular weight excluding hydrogens is 434 g/mol. The number of amides is 1. The monoisotopic (exact) mass is 459 g/mol. The molecule has 0 radical (unpaired) electrons. The van der Waals surface area contributed by atoms with Gasteiger partial charge in [-0.1, -0.05) is 67.1 Å². The van der Waals surface area contributed by atoms with Gasteiger partial charge in [0.1, 0.15) is 4.90 Å². The van der Waals surface area contributed by atoms with Crippen LogP contribution in [0.15, 0.2) is 90.0 Å². The molecule has 0 aliphatic rings. The van der Waals surface area contributed by atoms with Crippen molar-refractivity contribution in [1.82, 2.24) is 10.3 Å². The summed E-state index contributed by atoms with van der Waals surface area (Å²) in [5.41, 5.74) is 2.97. The first-order valence-electron chi connectivity index (χ1n) is 10.7. The smallest absolute Gasteiger partial charge is 0.264 e. The van der Waals surface area contributed by atoms with Gasteiger partial charge >= 0.3 is 0 Å². The van der Waals surface area contributed by atoms with Crippen molar-refractivity contribution in [2.45, 2.75) is 31.2 Å². The van der Waals surface area contributed by atoms with Gasteiger partial charge in [-0.2, -0.15) is 0 Å². The molecule has 7 heteroatoms. The number of hydrogen-bond donors (Lipinski definition) is 2. The number of nitrogens with one attached hydrogen (secondary N) is 2. The van der Waals surface area contributed by atoms with Crippen LogP contribution in [0.4, 0.5) is 5.69 Å². The first kappa shape index (κ1) is 22.5. The molecule has 0 spiro atoms. The van der Waals surface area contributed by atoms with E-state index >= 15 is 0 Å². The highest BCUT2D eigenvalue weighted by Crippen LogP contribution is 2.26. The van der Waals surface area contributed by atoms with E-state index in [1.165, 1.54) is 6.07 Å². The zero-order valence-electron chi connectivity index (χ0n) is 18.4. The molecule has 3 aromatic carbocycles. The van der Waals surface area contributed by atoms with Crippen molar-refractivity contribution < 1.29 is 13.2 Å². The number of sulfonamides is 1. The first-order valence-corrected chi connectivity index (χ1v) is 12.2. The number of aryl methyl sites for hydroxylation is 1. The number of benzene rings is 3. The van der Waals surface area contributed by atoms with Gasteiger partial charge in [-0.3, -0.25) is 14.5 Å². The van der Waals surface area contributed by atoms with Gasteiger partial charge in [0.2, 0.25) is 0 Å². The van der Waals surface area contributed by atoms with Crippen molar-refractivity contribution in [3.05, 3.63) is 102 Å². The zero-order valence-corrected chi connectivity index (χ0v) is 19.3. The Bertz CT molecular complexity index is 1390. The number of carbonyl (C=O) groups excluding carboxylic acids is 1. The summed E-state index contributed by atoms with van der Waals surface area (Å²) >= 11 is 0. The van der Waals surface area contributed by atoms with Gasteiger partial charge in [0.15, 0.2) is 0 Å². The molecule has 0 saturated carbocycles. The van der Waals surface area contributed by atoms with E-state index in [1.54, 1.807) is 54.7 Å². The van der Waals surface area contributed by atoms with Gasteiger partial charge in [-0.25, -0.2) is 8.42 Å². The summed E-state index contributed by atoms with van der Waals surface area (Å²) in [6.45, 7) is 4.00. The van der Waals surface area contributed by atoms with Crippen molar-refractivity contribution in [2.24, 2.45) is 0 Å². The van der Waals surface area contributed by atoms with Crippen molar-refractivity contribution in [1.29, 1.82) is 0 Å². The molecule has 33 heavy (non-hydrogen) atoms. The van der Waals surface area contributed by atoms with Crippen LogP contribution >= 0.6 is 0 Å². The molecule has 0 bridgehead atoms. The molecule has 1 heterocycles. The minimum atomic E-state index is -3.98. The van der Waals surface area contributed by atoms with Crippen molar-refractivity contribution in [3.8, 4) is 0 Å². The van der Waals surface area contributed by atoms with Crippen LogP contribution in [0.3, 0.4) is 0 Å². The van der Waals surface area contributed by atoms with Crippen LogP contribution in [0.5, 0.6) is 0 Å². The molecule has 0 saturated heterocycles. The second kappa shape index (κ2) is 9.42. The second-order valence-electron chi connectivity index (χ2n) is 7.83. The van der Waals surface area contributed by atoms with E-state index in [0.717, 1.165) is 16.5 Å². The number of anilines is 1. The highest BCUT2D eigenvalue weighted by molar-refractivity contribution is 7.93. The third-order valence-electron chi connectivity index (χ3n) is 5.49. The largest absolute Gasteiger partial charge is 0.345 e. The van der Waals surface area contributed by atoms with Crippen molar-refractivity contribution in [2.75, 3.05) is 4.72 Å². The summed E-state index contributed by atoms with van der Waals surface area (Å²) < 4.78 is 29.1. The third-order valence-corrected chi connectivity index (χ3v) is 6.89. The molecule has 168 valence electrons. The summed E-state index contributed by atoms with van der Waals surface area (Å²) in [6, 6.07) is 22.9. The minimum absolute atomic E-state index is 0.0573. The lowest BCUT2D eigenvalue weighted by atomic mass is 10.0. The van der Waals surface area contributed by atoms with Crippen LogP contribution < -0.4 is 10.0 Å². The van der Waals surface area contributed by atoms with Gasteiger partial charge in [-0.05, 0) is 43.2 Å². The number of hydrogen-bond acceptors (Lipinski definition) is 4. The molecule has 6 nitrogen and oxygen atoms in total. The molecule has 2 N–H and O–H groups in total. The van der Waals surface area contributed by atoms with E-state index in [-0.39, 0.29) is 28.1 Å². The molecule has 1 aromatic heterocycles. The molecule has 4 rings (SSSR count). The molecule has 4 aromatic rings. The lowest BCUT2D eigenvalue weighted by Crippen LogP contribution is -2.29. The molecule has 1 atom stereocenters. The summed E-state index contributed by atoms with van der Waals surface area (Å²) in [4.78, 5) is 17.4. The highest BCUT2D eigenvalue weighted by Gasteiger charge is 2.22. The Balaban J connectivity index is 1.63. The summed E-state index contributed by atoms with van der Waals surface area (Å²) in [5, 5.41) is 3.75. The van der Waals surface area contributed by atoms with Gasteiger partial charge in [0.25, 0.3) is 15.9 Å². The van der Waals surface area contributed by atoms with Crippen LogP contribution in [-0.2, 0) is 10.0 Å². The Morgan fingerprint density at radius 1 is 0.939 bits per heavy atom. The third kappa shape index (κ3) is 4.88. The Labute approximate surface area is 193 Å². The lowest BCUT2D eigenvalue weighted by Gasteiger charge is -2.19. The number of para-hydroxylation sites is 2. The zero-order chi connectivity index (χ0) is 23.4. The quantitative estimate of drug-likeness (QED) is 0.396. The van der Waals surface area contributed by atoms with Gasteiger partial charge in [0.05, 0.1) is 22.8 Å². The Hall–Kier alpha value is -3.71. The fourth-order valence-corrected chi connectivity index (χ4v) is 4.98. The number of rotatable bonds is 7. The summed E-state index contributed by atoms with van der Waals surface area (Å²) in [6.07, 6.45) is 2.25. The second-order valence-corrected chi connectivity index (χ2v) is 9.48. The predicted octanol–water partition coefficient (Wildman–Crippen LogP) is 5.23. The van der Waals surface area contributed by atoms with Crippen molar-refractivity contribution in [3.63, 3.8) is 0 Å². The standard InChI is InChI=1S/C26H25N3O3S/c1-3-22(19-15-13-18(2)14-16-19)28-26(30)21-10-4-5-11-23(21)29-33(31,32)24-12-6-8-20-9-7-17-27-25(20)24/h4-17,22,29H,3H2,1-2H3,(H,28,30). The fourth-order valence-electron chi connectivity index (χ4n) is 3.72. The topological polar surface area (TPSA) is 88.2 Å². The predicted molar refractivity (Wildman–Crippen MR) is 131 cm³/mol. The summed E-state index contributed by atoms with van der Waals surface area (Å²) in [5.74, 6) is -0.350. The Morgan fingerprint density at radius 3 is 2.42 bits per heavy atom. The number of nitrogens with zero attached hydrogens (tertiary/aromatic N) is 1. The lowest BCUT2D eigenvalue weighted by molar-refractivity contribution is 0.0936. The number of fused-ring (bicyclic) bond motifs is 1. The van der Waals surface area contributed by atoms with E-state index in [9.17, 15) is 13.2 Å². The number of carbonyl (C=O) groups is 1. The normalized spacial score (nSPS) is 12.3. The summed E-state index contributed by atoms with van der Waals surface area (Å²) in [7, 11) is -3.98. The molecule has 0 fully saturated rings. The maximum Gasteiger partial charge on any atom is 0.264 e. The van der Waals surface area contributed by atoms with Crippen molar-refractivity contribution >= 4 is 32.5 Å². The average molecular weight is 460 g/mol. The van der Waals surface area contributed by atoms with Crippen LogP contribution in [0.2, 0.25) is 0 Å². The van der Waals surface area contributed by atoms with E-state index in [1.807, 2.05) is 38.1 Å². The average Bonchev–Trinajstić information content (AvgIpc) is 2.82. The molecule has 0 aliphatic heterocycles. The van der Waals surface area contributed by atoms with E-state index in [4.69, 9.17) is 0 Å².